The Morgan fingerprint density at radius 3 is 1.14 bits per heavy atom. The van der Waals surface area contributed by atoms with Gasteiger partial charge in [-0.25, -0.2) is 24.0 Å². The summed E-state index contributed by atoms with van der Waals surface area (Å²) < 4.78 is 29.6. The van der Waals surface area contributed by atoms with Gasteiger partial charge in [-0.1, -0.05) is 79.3 Å². The third-order valence-electron chi connectivity index (χ3n) is 11.0. The summed E-state index contributed by atoms with van der Waals surface area (Å²) in [7, 11) is 5.77. The van der Waals surface area contributed by atoms with Gasteiger partial charge in [0.05, 0.1) is 21.5 Å². The minimum atomic E-state index is -1.33. The highest BCUT2D eigenvalue weighted by molar-refractivity contribution is 6.52. The lowest BCUT2D eigenvalue weighted by Gasteiger charge is -2.31. The third kappa shape index (κ3) is 20.0. The summed E-state index contributed by atoms with van der Waals surface area (Å²) in [5, 5.41) is 27.9. The number of nitriles is 3. The van der Waals surface area contributed by atoms with Crippen LogP contribution < -0.4 is 14.7 Å². The molecule has 0 aliphatic heterocycles. The molecule has 19 nitrogen and oxygen atoms in total. The van der Waals surface area contributed by atoms with Crippen molar-refractivity contribution in [3.05, 3.63) is 139 Å². The van der Waals surface area contributed by atoms with Crippen LogP contribution in [0.3, 0.4) is 0 Å². The lowest BCUT2D eigenvalue weighted by atomic mass is 9.99. The van der Waals surface area contributed by atoms with Crippen LogP contribution in [0.4, 0.5) is 17.1 Å². The Bertz CT molecular complexity index is 2600. The molecular formula is C54H56Cl3N7O12. The van der Waals surface area contributed by atoms with Crippen molar-refractivity contribution in [1.29, 1.82) is 15.8 Å². The SMILES string of the molecule is C=CC(=O)OCCOC(=O)/C(C#N)=C(\Cl)c1ccc(N(C)CCN(CCN(C)c2ccc(/C(Cl)=C(/C#N)C(=O)OCCOC(=O)C=C)cc2)CCN(C)c2ccc(C(Cl)C(C#N)C(=O)OCCOC(=O)C=C)cc2)cc1. The number of esters is 6. The maximum atomic E-state index is 12.7. The largest absolute Gasteiger partial charge is 0.461 e. The lowest BCUT2D eigenvalue weighted by molar-refractivity contribution is -0.151. The number of halogens is 3. The van der Waals surface area contributed by atoms with Crippen molar-refractivity contribution in [2.45, 2.75) is 5.38 Å². The first-order chi connectivity index (χ1) is 36.4. The van der Waals surface area contributed by atoms with Crippen LogP contribution in [0, 0.1) is 39.9 Å². The average molecular weight is 1100 g/mol. The smallest absolute Gasteiger partial charge is 0.350 e. The van der Waals surface area contributed by atoms with E-state index in [1.165, 1.54) is 0 Å². The van der Waals surface area contributed by atoms with Gasteiger partial charge in [-0.05, 0) is 53.1 Å². The van der Waals surface area contributed by atoms with Crippen LogP contribution in [0.1, 0.15) is 22.1 Å². The van der Waals surface area contributed by atoms with Crippen molar-refractivity contribution in [3.63, 3.8) is 0 Å². The van der Waals surface area contributed by atoms with Gasteiger partial charge in [0, 0.05) is 95.7 Å². The van der Waals surface area contributed by atoms with Gasteiger partial charge in [0.2, 0.25) is 0 Å². The normalized spacial score (nSPS) is 12.0. The zero-order valence-corrected chi connectivity index (χ0v) is 44.4. The predicted molar refractivity (Wildman–Crippen MR) is 286 cm³/mol. The number of carbonyl (C=O) groups is 6. The van der Waals surface area contributed by atoms with E-state index in [2.05, 4.69) is 24.6 Å². The molecule has 0 saturated heterocycles. The molecule has 400 valence electrons. The molecule has 0 radical (unpaired) electrons. The number of alkyl halides is 1. The number of hydrogen-bond donors (Lipinski definition) is 0. The minimum Gasteiger partial charge on any atom is -0.461 e. The Morgan fingerprint density at radius 2 is 0.829 bits per heavy atom. The lowest BCUT2D eigenvalue weighted by Crippen LogP contribution is -2.41. The summed E-state index contributed by atoms with van der Waals surface area (Å²) in [6, 6.07) is 26.5. The van der Waals surface area contributed by atoms with Crippen molar-refractivity contribution in [3.8, 4) is 18.2 Å². The maximum Gasteiger partial charge on any atom is 0.350 e. The molecule has 0 saturated carbocycles. The number of benzene rings is 3. The number of anilines is 3. The van der Waals surface area contributed by atoms with Gasteiger partial charge in [-0.3, -0.25) is 9.69 Å². The second kappa shape index (κ2) is 32.9. The van der Waals surface area contributed by atoms with Crippen LogP contribution >= 0.6 is 34.8 Å². The first kappa shape index (κ1) is 62.2. The molecule has 0 spiro atoms. The highest BCUT2D eigenvalue weighted by Crippen LogP contribution is 2.32. The van der Waals surface area contributed by atoms with Crippen LogP contribution in [0.2, 0.25) is 0 Å². The molecule has 0 amide bonds. The van der Waals surface area contributed by atoms with Crippen LogP contribution in [0.25, 0.3) is 10.1 Å². The van der Waals surface area contributed by atoms with E-state index in [9.17, 15) is 44.6 Å². The minimum absolute atomic E-state index is 0.113. The predicted octanol–water partition coefficient (Wildman–Crippen LogP) is 6.88. The summed E-state index contributed by atoms with van der Waals surface area (Å²) in [6.45, 7) is 11.9. The van der Waals surface area contributed by atoms with E-state index in [0.29, 0.717) is 56.0 Å². The fourth-order valence-corrected chi connectivity index (χ4v) is 7.37. The Labute approximate surface area is 456 Å². The molecule has 0 bridgehead atoms. The van der Waals surface area contributed by atoms with Gasteiger partial charge in [0.1, 0.15) is 51.8 Å². The van der Waals surface area contributed by atoms with Crippen LogP contribution in [0.15, 0.2) is 122 Å². The Morgan fingerprint density at radius 1 is 0.513 bits per heavy atom. The van der Waals surface area contributed by atoms with E-state index >= 15 is 0 Å². The van der Waals surface area contributed by atoms with E-state index in [1.54, 1.807) is 72.8 Å². The van der Waals surface area contributed by atoms with E-state index < -0.39 is 58.3 Å². The average Bonchev–Trinajstić information content (AvgIpc) is 3.44. The standard InChI is InChI=1S/C54H56Cl3N7O12/c1-7-46(65)71-28-31-74-52(68)43(34-58)49(55)37-10-16-40(17-11-37)61(4)22-25-64(26-23-62(5)41-18-12-38(13-19-41)50(56)44(35-59)53(69)75-32-29-72-47(66)8-2)27-24-63(6)42-20-14-39(15-21-42)51(57)45(36-60)54(70)76-33-30-73-48(67)9-3/h7-21,43,49H,1-3,22-33H2,4-6H3/b50-44-,51-45+. The van der Waals surface area contributed by atoms with Gasteiger partial charge in [-0.2, -0.15) is 15.8 Å². The zero-order valence-electron chi connectivity index (χ0n) is 42.1. The van der Waals surface area contributed by atoms with Gasteiger partial charge in [0.25, 0.3) is 0 Å². The summed E-state index contributed by atoms with van der Waals surface area (Å²) in [4.78, 5) is 80.1. The summed E-state index contributed by atoms with van der Waals surface area (Å²) >= 11 is 19.6. The molecule has 22 heteroatoms. The molecule has 0 fully saturated rings. The van der Waals surface area contributed by atoms with Crippen molar-refractivity contribution in [2.24, 2.45) is 5.92 Å². The third-order valence-corrected chi connectivity index (χ3v) is 12.3. The first-order valence-corrected chi connectivity index (χ1v) is 24.3. The monoisotopic (exact) mass is 1100 g/mol. The highest BCUT2D eigenvalue weighted by atomic mass is 35.5. The molecule has 76 heavy (non-hydrogen) atoms. The Balaban J connectivity index is 1.76. The number of ether oxygens (including phenoxy) is 6. The fraction of sp³-hybridized carbons (Fsp3) is 0.315. The molecular weight excluding hydrogens is 1040 g/mol. The van der Waals surface area contributed by atoms with Crippen molar-refractivity contribution >= 4 is 97.7 Å². The highest BCUT2D eigenvalue weighted by Gasteiger charge is 2.30. The number of nitrogens with zero attached hydrogens (tertiary/aromatic N) is 7. The Kier molecular flexibility index (Phi) is 26.9. The number of hydrogen-bond acceptors (Lipinski definition) is 19. The van der Waals surface area contributed by atoms with Crippen molar-refractivity contribution in [2.75, 3.05) is 115 Å². The topological polar surface area (TPSA) is 242 Å². The van der Waals surface area contributed by atoms with Crippen LogP contribution in [-0.2, 0) is 57.2 Å². The van der Waals surface area contributed by atoms with Gasteiger partial charge in [-0.15, -0.1) is 11.6 Å². The molecule has 3 aromatic carbocycles. The second-order valence-electron chi connectivity index (χ2n) is 16.0. The van der Waals surface area contributed by atoms with E-state index in [0.717, 1.165) is 35.3 Å². The summed E-state index contributed by atoms with van der Waals surface area (Å²) in [6.07, 6.45) is 2.91. The van der Waals surface area contributed by atoms with E-state index in [1.807, 2.05) is 54.0 Å². The molecule has 3 rings (SSSR count). The van der Waals surface area contributed by atoms with E-state index in [4.69, 9.17) is 63.2 Å². The molecule has 0 aliphatic carbocycles. The van der Waals surface area contributed by atoms with Crippen molar-refractivity contribution < 1.29 is 57.2 Å². The molecule has 0 aliphatic rings. The molecule has 2 unspecified atom stereocenters. The second-order valence-corrected chi connectivity index (χ2v) is 17.2. The molecule has 0 heterocycles. The number of carbonyl (C=O) groups excluding carboxylic acids is 6. The van der Waals surface area contributed by atoms with Gasteiger partial charge < -0.3 is 43.1 Å². The van der Waals surface area contributed by atoms with Gasteiger partial charge >= 0.3 is 35.8 Å². The number of likely N-dealkylation sites (N-methyl/N-ethyl adjacent to an activating group) is 3. The fourth-order valence-electron chi connectivity index (χ4n) is 6.57. The van der Waals surface area contributed by atoms with Crippen LogP contribution in [-0.4, -0.2) is 141 Å². The Hall–Kier alpha value is -8.12. The summed E-state index contributed by atoms with van der Waals surface area (Å²) in [5.41, 5.74) is 2.98. The van der Waals surface area contributed by atoms with E-state index in [-0.39, 0.29) is 49.7 Å². The maximum absolute atomic E-state index is 12.7. The molecule has 2 atom stereocenters. The molecule has 0 aromatic heterocycles. The quantitative estimate of drug-likeness (QED) is 0.0159. The zero-order chi connectivity index (χ0) is 56.2. The van der Waals surface area contributed by atoms with Gasteiger partial charge in [0.15, 0.2) is 17.1 Å². The number of rotatable bonds is 31. The summed E-state index contributed by atoms with van der Waals surface area (Å²) in [5.74, 6) is -6.17. The first-order valence-electron chi connectivity index (χ1n) is 23.1. The molecule has 3 aromatic rings. The molecule has 0 N–H and O–H groups in total. The van der Waals surface area contributed by atoms with Crippen LogP contribution in [0.5, 0.6) is 0 Å². The van der Waals surface area contributed by atoms with Crippen molar-refractivity contribution in [1.82, 2.24) is 4.90 Å².